The van der Waals surface area contributed by atoms with Crippen molar-refractivity contribution in [2.75, 3.05) is 0 Å². The Morgan fingerprint density at radius 3 is 3.06 bits per heavy atom. The summed E-state index contributed by atoms with van der Waals surface area (Å²) < 4.78 is 5.71. The van der Waals surface area contributed by atoms with Crippen molar-refractivity contribution in [3.63, 3.8) is 0 Å². The Labute approximate surface area is 103 Å². The summed E-state index contributed by atoms with van der Waals surface area (Å²) in [6, 6.07) is 5.65. The fourth-order valence-electron chi connectivity index (χ4n) is 2.48. The number of hydrogen-bond donors (Lipinski definition) is 1. The molecule has 1 aromatic carbocycles. The molecule has 2 aromatic rings. The smallest absolute Gasteiger partial charge is 0.306 e. The van der Waals surface area contributed by atoms with Crippen LogP contribution >= 0.6 is 11.6 Å². The SMILES string of the molecule is O=C(O)C1CCc2c(oc3c(Cl)cccc23)C1. The number of aryl methyl sites for hydroxylation is 1. The molecule has 0 saturated heterocycles. The predicted molar refractivity (Wildman–Crippen MR) is 64.4 cm³/mol. The number of para-hydroxylation sites is 1. The Bertz CT molecular complexity index is 600. The van der Waals surface area contributed by atoms with Crippen LogP contribution < -0.4 is 0 Å². The van der Waals surface area contributed by atoms with Crippen LogP contribution in [-0.2, 0) is 17.6 Å². The van der Waals surface area contributed by atoms with Crippen molar-refractivity contribution in [2.45, 2.75) is 19.3 Å². The summed E-state index contributed by atoms with van der Waals surface area (Å²) in [5.41, 5.74) is 1.81. The molecule has 0 fully saturated rings. The van der Waals surface area contributed by atoms with Crippen molar-refractivity contribution < 1.29 is 14.3 Å². The number of rotatable bonds is 1. The first-order valence-corrected chi connectivity index (χ1v) is 5.96. The van der Waals surface area contributed by atoms with Gasteiger partial charge in [0.2, 0.25) is 0 Å². The molecule has 0 aliphatic heterocycles. The lowest BCUT2D eigenvalue weighted by molar-refractivity contribution is -0.142. The molecule has 0 saturated carbocycles. The molecule has 1 aliphatic rings. The lowest BCUT2D eigenvalue weighted by Gasteiger charge is -2.16. The summed E-state index contributed by atoms with van der Waals surface area (Å²) in [4.78, 5) is 11.0. The van der Waals surface area contributed by atoms with E-state index in [9.17, 15) is 4.79 Å². The van der Waals surface area contributed by atoms with Crippen LogP contribution in [0.15, 0.2) is 22.6 Å². The minimum Gasteiger partial charge on any atom is -0.481 e. The van der Waals surface area contributed by atoms with Gasteiger partial charge in [0.05, 0.1) is 10.9 Å². The van der Waals surface area contributed by atoms with Crippen molar-refractivity contribution in [2.24, 2.45) is 5.92 Å². The van der Waals surface area contributed by atoms with Gasteiger partial charge in [-0.15, -0.1) is 0 Å². The van der Waals surface area contributed by atoms with E-state index >= 15 is 0 Å². The Morgan fingerprint density at radius 2 is 2.29 bits per heavy atom. The van der Waals surface area contributed by atoms with Gasteiger partial charge in [0.1, 0.15) is 5.76 Å². The molecule has 0 spiro atoms. The average molecular weight is 251 g/mol. The van der Waals surface area contributed by atoms with Gasteiger partial charge in [-0.1, -0.05) is 23.7 Å². The van der Waals surface area contributed by atoms with Crippen LogP contribution in [0.2, 0.25) is 5.02 Å². The van der Waals surface area contributed by atoms with E-state index in [0.717, 1.165) is 23.1 Å². The zero-order valence-corrected chi connectivity index (χ0v) is 9.83. The number of halogens is 1. The Kier molecular flexibility index (Phi) is 2.37. The highest BCUT2D eigenvalue weighted by molar-refractivity contribution is 6.34. The lowest BCUT2D eigenvalue weighted by atomic mass is 9.87. The molecule has 3 rings (SSSR count). The number of furan rings is 1. The van der Waals surface area contributed by atoms with Crippen molar-refractivity contribution >= 4 is 28.5 Å². The van der Waals surface area contributed by atoms with Gasteiger partial charge in [-0.25, -0.2) is 0 Å². The number of fused-ring (bicyclic) bond motifs is 3. The molecule has 1 aliphatic carbocycles. The van der Waals surface area contributed by atoms with Crippen LogP contribution in [0.1, 0.15) is 17.7 Å². The summed E-state index contributed by atoms with van der Waals surface area (Å²) in [5, 5.41) is 10.6. The van der Waals surface area contributed by atoms with Gasteiger partial charge in [-0.3, -0.25) is 4.79 Å². The molecular weight excluding hydrogens is 240 g/mol. The molecule has 1 heterocycles. The van der Waals surface area contributed by atoms with E-state index in [2.05, 4.69) is 0 Å². The first kappa shape index (κ1) is 10.7. The van der Waals surface area contributed by atoms with Gasteiger partial charge in [0.15, 0.2) is 5.58 Å². The van der Waals surface area contributed by atoms with Crippen molar-refractivity contribution in [3.8, 4) is 0 Å². The summed E-state index contributed by atoms with van der Waals surface area (Å²) in [7, 11) is 0. The number of benzene rings is 1. The number of aliphatic carboxylic acids is 1. The molecule has 4 heteroatoms. The van der Waals surface area contributed by atoms with Crippen LogP contribution in [-0.4, -0.2) is 11.1 Å². The molecule has 0 bridgehead atoms. The minimum atomic E-state index is -0.748. The fourth-order valence-corrected chi connectivity index (χ4v) is 2.69. The Morgan fingerprint density at radius 1 is 1.47 bits per heavy atom. The Hall–Kier alpha value is -1.48. The summed E-state index contributed by atoms with van der Waals surface area (Å²) in [6.45, 7) is 0. The van der Waals surface area contributed by atoms with E-state index < -0.39 is 5.97 Å². The lowest BCUT2D eigenvalue weighted by Crippen LogP contribution is -2.21. The standard InChI is InChI=1S/C13H11ClO3/c14-10-3-1-2-9-8-5-4-7(13(15)16)6-11(8)17-12(9)10/h1-3,7H,4-6H2,(H,15,16). The molecule has 1 atom stereocenters. The molecule has 1 aromatic heterocycles. The highest BCUT2D eigenvalue weighted by Crippen LogP contribution is 2.36. The van der Waals surface area contributed by atoms with Gasteiger partial charge in [0.25, 0.3) is 0 Å². The zero-order valence-electron chi connectivity index (χ0n) is 9.07. The molecule has 1 N–H and O–H groups in total. The highest BCUT2D eigenvalue weighted by Gasteiger charge is 2.28. The van der Waals surface area contributed by atoms with Crippen LogP contribution in [0.4, 0.5) is 0 Å². The first-order chi connectivity index (χ1) is 8.16. The van der Waals surface area contributed by atoms with Crippen LogP contribution in [0.3, 0.4) is 0 Å². The molecule has 0 radical (unpaired) electrons. The van der Waals surface area contributed by atoms with Crippen molar-refractivity contribution in [3.05, 3.63) is 34.5 Å². The van der Waals surface area contributed by atoms with E-state index in [0.29, 0.717) is 23.4 Å². The van der Waals surface area contributed by atoms with Crippen molar-refractivity contribution in [1.82, 2.24) is 0 Å². The van der Waals surface area contributed by atoms with Crippen LogP contribution in [0.25, 0.3) is 11.0 Å². The molecule has 88 valence electrons. The second-order valence-electron chi connectivity index (χ2n) is 4.40. The zero-order chi connectivity index (χ0) is 12.0. The average Bonchev–Trinajstić information content (AvgIpc) is 2.68. The second kappa shape index (κ2) is 3.77. The number of carboxylic acid groups (broad SMARTS) is 1. The van der Waals surface area contributed by atoms with Gasteiger partial charge >= 0.3 is 5.97 Å². The van der Waals surface area contributed by atoms with E-state index in [1.807, 2.05) is 12.1 Å². The number of carboxylic acids is 1. The third kappa shape index (κ3) is 1.62. The summed E-state index contributed by atoms with van der Waals surface area (Å²) >= 11 is 6.07. The van der Waals surface area contributed by atoms with Crippen LogP contribution in [0.5, 0.6) is 0 Å². The van der Waals surface area contributed by atoms with Gasteiger partial charge in [-0.05, 0) is 18.9 Å². The normalized spacial score (nSPS) is 19.2. The van der Waals surface area contributed by atoms with E-state index in [4.69, 9.17) is 21.1 Å². The third-order valence-corrected chi connectivity index (χ3v) is 3.68. The van der Waals surface area contributed by atoms with Gasteiger partial charge < -0.3 is 9.52 Å². The predicted octanol–water partition coefficient (Wildman–Crippen LogP) is 3.28. The third-order valence-electron chi connectivity index (χ3n) is 3.38. The largest absolute Gasteiger partial charge is 0.481 e. The van der Waals surface area contributed by atoms with Gasteiger partial charge in [0, 0.05) is 17.4 Å². The summed E-state index contributed by atoms with van der Waals surface area (Å²) in [5.74, 6) is -0.296. The number of hydrogen-bond acceptors (Lipinski definition) is 2. The summed E-state index contributed by atoms with van der Waals surface area (Å²) in [6.07, 6.45) is 1.89. The monoisotopic (exact) mass is 250 g/mol. The minimum absolute atomic E-state index is 0.332. The second-order valence-corrected chi connectivity index (χ2v) is 4.81. The van der Waals surface area contributed by atoms with Crippen molar-refractivity contribution in [1.29, 1.82) is 0 Å². The number of carbonyl (C=O) groups is 1. The molecule has 1 unspecified atom stereocenters. The van der Waals surface area contributed by atoms with E-state index in [-0.39, 0.29) is 5.92 Å². The van der Waals surface area contributed by atoms with E-state index in [1.54, 1.807) is 6.07 Å². The quantitative estimate of drug-likeness (QED) is 0.845. The highest BCUT2D eigenvalue weighted by atomic mass is 35.5. The Balaban J connectivity index is 2.13. The maximum absolute atomic E-state index is 11.0. The molecule has 0 amide bonds. The molecular formula is C13H11ClO3. The van der Waals surface area contributed by atoms with Gasteiger partial charge in [-0.2, -0.15) is 0 Å². The fraction of sp³-hybridized carbons (Fsp3) is 0.308. The topological polar surface area (TPSA) is 50.4 Å². The van der Waals surface area contributed by atoms with Crippen LogP contribution in [0, 0.1) is 5.92 Å². The van der Waals surface area contributed by atoms with E-state index in [1.165, 1.54) is 0 Å². The maximum Gasteiger partial charge on any atom is 0.306 e. The first-order valence-electron chi connectivity index (χ1n) is 5.58. The molecule has 17 heavy (non-hydrogen) atoms. The maximum atomic E-state index is 11.0. The molecule has 3 nitrogen and oxygen atoms in total.